The van der Waals surface area contributed by atoms with Gasteiger partial charge in [0.1, 0.15) is 5.82 Å². The van der Waals surface area contributed by atoms with E-state index in [0.717, 1.165) is 11.3 Å². The molecule has 3 rings (SSSR count). The van der Waals surface area contributed by atoms with Crippen molar-refractivity contribution in [2.24, 2.45) is 0 Å². The van der Waals surface area contributed by atoms with Crippen LogP contribution in [0, 0.1) is 13.8 Å². The fraction of sp³-hybridized carbons (Fsp3) is 0.133. The van der Waals surface area contributed by atoms with E-state index in [-0.39, 0.29) is 5.56 Å². The zero-order chi connectivity index (χ0) is 15.0. The summed E-state index contributed by atoms with van der Waals surface area (Å²) in [4.78, 5) is 18.4. The van der Waals surface area contributed by atoms with Gasteiger partial charge < -0.3 is 5.73 Å². The van der Waals surface area contributed by atoms with Crippen molar-refractivity contribution < 1.29 is 0 Å². The molecule has 106 valence electrons. The molecule has 6 heteroatoms. The number of aryl methyl sites for hydroxylation is 2. The molecular weight excluding hydrogens is 266 g/mol. The number of benzene rings is 1. The third-order valence-electron chi connectivity index (χ3n) is 3.14. The van der Waals surface area contributed by atoms with Crippen LogP contribution < -0.4 is 11.3 Å². The highest BCUT2D eigenvalue weighted by Gasteiger charge is 2.11. The van der Waals surface area contributed by atoms with Crippen LogP contribution in [0.25, 0.3) is 17.2 Å². The molecule has 0 spiro atoms. The molecule has 0 unspecified atom stereocenters. The van der Waals surface area contributed by atoms with Crippen LogP contribution in [0.15, 0.2) is 41.2 Å². The molecular formula is C15H15N5O. The lowest BCUT2D eigenvalue weighted by atomic mass is 10.1. The zero-order valence-corrected chi connectivity index (χ0v) is 11.8. The predicted octanol–water partition coefficient (Wildman–Crippen LogP) is 1.82. The Morgan fingerprint density at radius 1 is 1.14 bits per heavy atom. The molecule has 2 aromatic heterocycles. The van der Waals surface area contributed by atoms with E-state index < -0.39 is 0 Å². The summed E-state index contributed by atoms with van der Waals surface area (Å²) in [6, 6.07) is 11.2. The van der Waals surface area contributed by atoms with Gasteiger partial charge in [-0.25, -0.2) is 4.98 Å². The Morgan fingerprint density at radius 2 is 1.86 bits per heavy atom. The Hall–Kier alpha value is -2.89. The highest BCUT2D eigenvalue weighted by Crippen LogP contribution is 2.22. The Balaban J connectivity index is 2.09. The number of nitrogens with two attached hydrogens (primary N) is 1. The molecule has 0 aliphatic carbocycles. The molecule has 21 heavy (non-hydrogen) atoms. The molecule has 0 radical (unpaired) electrons. The zero-order valence-electron chi connectivity index (χ0n) is 11.8. The number of hydrogen-bond donors (Lipinski definition) is 2. The summed E-state index contributed by atoms with van der Waals surface area (Å²) in [5.41, 5.74) is 9.23. The molecule has 0 amide bonds. The summed E-state index contributed by atoms with van der Waals surface area (Å²) >= 11 is 0. The van der Waals surface area contributed by atoms with Crippen molar-refractivity contribution in [3.8, 4) is 17.2 Å². The SMILES string of the molecule is Cc1ccc(-c2cc(N)n(-c3nc(C)cc(=O)[nH]3)n2)cc1. The molecule has 0 bridgehead atoms. The molecule has 0 fully saturated rings. The number of nitrogens with one attached hydrogen (secondary N) is 1. The minimum absolute atomic E-state index is 0.232. The van der Waals surface area contributed by atoms with Crippen molar-refractivity contribution >= 4 is 5.82 Å². The van der Waals surface area contributed by atoms with E-state index in [1.54, 1.807) is 13.0 Å². The number of rotatable bonds is 2. The van der Waals surface area contributed by atoms with Gasteiger partial charge >= 0.3 is 0 Å². The quantitative estimate of drug-likeness (QED) is 0.749. The number of anilines is 1. The first-order valence-corrected chi connectivity index (χ1v) is 6.54. The summed E-state index contributed by atoms with van der Waals surface area (Å²) in [5, 5.41) is 4.42. The Morgan fingerprint density at radius 3 is 2.52 bits per heavy atom. The third-order valence-corrected chi connectivity index (χ3v) is 3.14. The number of H-pyrrole nitrogens is 1. The van der Waals surface area contributed by atoms with Gasteiger partial charge in [-0.2, -0.15) is 9.78 Å². The first kappa shape index (κ1) is 13.1. The summed E-state index contributed by atoms with van der Waals surface area (Å²) in [6.45, 7) is 3.78. The van der Waals surface area contributed by atoms with Crippen molar-refractivity contribution in [1.82, 2.24) is 19.7 Å². The summed E-state index contributed by atoms with van der Waals surface area (Å²) in [7, 11) is 0. The maximum atomic E-state index is 11.5. The average molecular weight is 281 g/mol. The second-order valence-electron chi connectivity index (χ2n) is 4.94. The van der Waals surface area contributed by atoms with Crippen LogP contribution in [0.3, 0.4) is 0 Å². The first-order valence-electron chi connectivity index (χ1n) is 6.54. The van der Waals surface area contributed by atoms with Gasteiger partial charge in [0.15, 0.2) is 0 Å². The smallest absolute Gasteiger partial charge is 0.252 e. The molecule has 0 saturated heterocycles. The maximum Gasteiger partial charge on any atom is 0.252 e. The summed E-state index contributed by atoms with van der Waals surface area (Å²) in [6.07, 6.45) is 0. The maximum absolute atomic E-state index is 11.5. The first-order chi connectivity index (χ1) is 10.0. The molecule has 3 aromatic rings. The van der Waals surface area contributed by atoms with Gasteiger partial charge in [0.25, 0.3) is 5.56 Å². The van der Waals surface area contributed by atoms with E-state index in [0.29, 0.717) is 17.5 Å². The van der Waals surface area contributed by atoms with E-state index >= 15 is 0 Å². The second kappa shape index (κ2) is 4.90. The number of nitrogens with zero attached hydrogens (tertiary/aromatic N) is 3. The van der Waals surface area contributed by atoms with Crippen LogP contribution in [0.5, 0.6) is 0 Å². The third kappa shape index (κ3) is 2.55. The lowest BCUT2D eigenvalue weighted by Crippen LogP contribution is -2.15. The van der Waals surface area contributed by atoms with Crippen LogP contribution in [0.2, 0.25) is 0 Å². The van der Waals surface area contributed by atoms with Gasteiger partial charge in [-0.05, 0) is 13.8 Å². The van der Waals surface area contributed by atoms with E-state index in [2.05, 4.69) is 15.1 Å². The fourth-order valence-corrected chi connectivity index (χ4v) is 2.09. The minimum Gasteiger partial charge on any atom is -0.383 e. The lowest BCUT2D eigenvalue weighted by Gasteiger charge is -2.03. The largest absolute Gasteiger partial charge is 0.383 e. The van der Waals surface area contributed by atoms with Gasteiger partial charge in [0.2, 0.25) is 5.95 Å². The predicted molar refractivity (Wildman–Crippen MR) is 81.3 cm³/mol. The van der Waals surface area contributed by atoms with Crippen LogP contribution in [-0.2, 0) is 0 Å². The van der Waals surface area contributed by atoms with E-state index in [9.17, 15) is 4.79 Å². The van der Waals surface area contributed by atoms with Gasteiger partial charge in [0, 0.05) is 23.4 Å². The van der Waals surface area contributed by atoms with Crippen LogP contribution >= 0.6 is 0 Å². The molecule has 0 aliphatic heterocycles. The Kier molecular flexibility index (Phi) is 3.06. The number of nitrogen functional groups attached to an aromatic ring is 1. The van der Waals surface area contributed by atoms with Crippen molar-refractivity contribution in [2.45, 2.75) is 13.8 Å². The van der Waals surface area contributed by atoms with Gasteiger partial charge in [-0.1, -0.05) is 29.8 Å². The Labute approximate surface area is 121 Å². The fourth-order valence-electron chi connectivity index (χ4n) is 2.09. The van der Waals surface area contributed by atoms with Gasteiger partial charge in [-0.3, -0.25) is 9.78 Å². The topological polar surface area (TPSA) is 89.6 Å². The monoisotopic (exact) mass is 281 g/mol. The number of aromatic nitrogens is 4. The van der Waals surface area contributed by atoms with Crippen LogP contribution in [0.1, 0.15) is 11.3 Å². The van der Waals surface area contributed by atoms with Crippen molar-refractivity contribution in [3.63, 3.8) is 0 Å². The summed E-state index contributed by atoms with van der Waals surface area (Å²) in [5.74, 6) is 0.732. The second-order valence-corrected chi connectivity index (χ2v) is 4.94. The van der Waals surface area contributed by atoms with E-state index in [4.69, 9.17) is 5.73 Å². The normalized spacial score (nSPS) is 10.8. The highest BCUT2D eigenvalue weighted by atomic mass is 16.1. The molecule has 0 saturated carbocycles. The van der Waals surface area contributed by atoms with Crippen LogP contribution in [0.4, 0.5) is 5.82 Å². The molecule has 0 atom stereocenters. The number of hydrogen-bond acceptors (Lipinski definition) is 4. The van der Waals surface area contributed by atoms with Crippen molar-refractivity contribution in [1.29, 1.82) is 0 Å². The highest BCUT2D eigenvalue weighted by molar-refractivity contribution is 5.63. The van der Waals surface area contributed by atoms with E-state index in [1.165, 1.54) is 16.3 Å². The van der Waals surface area contributed by atoms with Crippen molar-refractivity contribution in [2.75, 3.05) is 5.73 Å². The standard InChI is InChI=1S/C15H15N5O/c1-9-3-5-11(6-4-9)12-8-13(16)20(19-12)15-17-10(2)7-14(21)18-15/h3-8H,16H2,1-2H3,(H,17,18,21). The molecule has 1 aromatic carbocycles. The number of aromatic amines is 1. The lowest BCUT2D eigenvalue weighted by molar-refractivity contribution is 0.805. The van der Waals surface area contributed by atoms with Crippen molar-refractivity contribution in [3.05, 3.63) is 58.0 Å². The van der Waals surface area contributed by atoms with Crippen LogP contribution in [-0.4, -0.2) is 19.7 Å². The molecule has 6 nitrogen and oxygen atoms in total. The van der Waals surface area contributed by atoms with Gasteiger partial charge in [0.05, 0.1) is 5.69 Å². The molecule has 3 N–H and O–H groups in total. The molecule has 0 aliphatic rings. The van der Waals surface area contributed by atoms with Gasteiger partial charge in [-0.15, -0.1) is 0 Å². The molecule has 2 heterocycles. The van der Waals surface area contributed by atoms with E-state index in [1.807, 2.05) is 31.2 Å². The summed E-state index contributed by atoms with van der Waals surface area (Å²) < 4.78 is 1.43. The minimum atomic E-state index is -0.232. The average Bonchev–Trinajstić information content (AvgIpc) is 2.80. The Bertz CT molecular complexity index is 845.